The molecule has 108 valence electrons. The highest BCUT2D eigenvalue weighted by atomic mass is 16.2. The van der Waals surface area contributed by atoms with E-state index in [1.165, 1.54) is 5.56 Å². The molecule has 1 amide bonds. The third-order valence-electron chi connectivity index (χ3n) is 4.92. The number of hydrogen-bond acceptors (Lipinski definition) is 2. The third-order valence-corrected chi connectivity index (χ3v) is 4.92. The molecule has 0 radical (unpaired) electrons. The largest absolute Gasteiger partial charge is 0.339 e. The van der Waals surface area contributed by atoms with Gasteiger partial charge in [-0.15, -0.1) is 0 Å². The lowest BCUT2D eigenvalue weighted by atomic mass is 9.92. The average Bonchev–Trinajstić information content (AvgIpc) is 2.77. The van der Waals surface area contributed by atoms with Gasteiger partial charge in [0.15, 0.2) is 0 Å². The van der Waals surface area contributed by atoms with Crippen molar-refractivity contribution in [3.05, 3.63) is 34.9 Å². The smallest absolute Gasteiger partial charge is 0.254 e. The molecule has 2 aliphatic heterocycles. The van der Waals surface area contributed by atoms with Crippen LogP contribution in [0.2, 0.25) is 0 Å². The molecule has 2 aliphatic rings. The molecule has 3 rings (SSSR count). The molecular formula is C17H24N2O. The normalized spacial score (nSPS) is 26.2. The highest BCUT2D eigenvalue weighted by Crippen LogP contribution is 2.28. The van der Waals surface area contributed by atoms with E-state index in [0.717, 1.165) is 62.0 Å². The summed E-state index contributed by atoms with van der Waals surface area (Å²) in [6.07, 6.45) is 2.29. The van der Waals surface area contributed by atoms with Crippen LogP contribution in [0.25, 0.3) is 0 Å². The molecule has 3 heteroatoms. The summed E-state index contributed by atoms with van der Waals surface area (Å²) in [7, 11) is 0. The van der Waals surface area contributed by atoms with Crippen LogP contribution in [-0.2, 0) is 0 Å². The van der Waals surface area contributed by atoms with Gasteiger partial charge in [-0.1, -0.05) is 17.7 Å². The highest BCUT2D eigenvalue weighted by molar-refractivity contribution is 5.95. The molecule has 2 saturated heterocycles. The molecule has 0 bridgehead atoms. The van der Waals surface area contributed by atoms with Crippen molar-refractivity contribution >= 4 is 5.91 Å². The second-order valence-electron chi connectivity index (χ2n) is 6.37. The Hall–Kier alpha value is -1.35. The third kappa shape index (κ3) is 2.59. The highest BCUT2D eigenvalue weighted by Gasteiger charge is 2.31. The van der Waals surface area contributed by atoms with E-state index in [9.17, 15) is 4.79 Å². The lowest BCUT2D eigenvalue weighted by Gasteiger charge is -2.22. The molecule has 1 aromatic rings. The molecule has 0 aliphatic carbocycles. The number of rotatable bonds is 1. The Kier molecular flexibility index (Phi) is 3.79. The van der Waals surface area contributed by atoms with Crippen LogP contribution in [-0.4, -0.2) is 37.0 Å². The predicted octanol–water partition coefficient (Wildman–Crippen LogP) is 2.38. The molecule has 0 unspecified atom stereocenters. The number of carbonyl (C=O) groups is 1. The summed E-state index contributed by atoms with van der Waals surface area (Å²) in [6.45, 7) is 8.20. The van der Waals surface area contributed by atoms with Crippen LogP contribution in [0.4, 0.5) is 0 Å². The molecule has 2 heterocycles. The van der Waals surface area contributed by atoms with Gasteiger partial charge in [0.25, 0.3) is 5.91 Å². The van der Waals surface area contributed by atoms with Gasteiger partial charge in [-0.3, -0.25) is 4.79 Å². The van der Waals surface area contributed by atoms with Crippen LogP contribution in [0.1, 0.15) is 34.3 Å². The molecule has 1 N–H and O–H groups in total. The fourth-order valence-electron chi connectivity index (χ4n) is 3.65. The van der Waals surface area contributed by atoms with Gasteiger partial charge >= 0.3 is 0 Å². The molecule has 1 aromatic carbocycles. The summed E-state index contributed by atoms with van der Waals surface area (Å²) in [5.74, 6) is 1.76. The van der Waals surface area contributed by atoms with Crippen LogP contribution in [0, 0.1) is 25.7 Å². The molecule has 0 saturated carbocycles. The zero-order chi connectivity index (χ0) is 14.1. The van der Waals surface area contributed by atoms with E-state index in [2.05, 4.69) is 23.2 Å². The van der Waals surface area contributed by atoms with Gasteiger partial charge in [-0.05, 0) is 63.2 Å². The van der Waals surface area contributed by atoms with Crippen molar-refractivity contribution in [3.63, 3.8) is 0 Å². The Morgan fingerprint density at radius 3 is 2.40 bits per heavy atom. The fourth-order valence-corrected chi connectivity index (χ4v) is 3.65. The summed E-state index contributed by atoms with van der Waals surface area (Å²) in [6, 6.07) is 6.13. The maximum Gasteiger partial charge on any atom is 0.254 e. The molecule has 2 fully saturated rings. The van der Waals surface area contributed by atoms with Crippen LogP contribution >= 0.6 is 0 Å². The maximum atomic E-state index is 12.7. The van der Waals surface area contributed by atoms with Gasteiger partial charge in [0.05, 0.1) is 0 Å². The number of fused-ring (bicyclic) bond motifs is 1. The van der Waals surface area contributed by atoms with Crippen molar-refractivity contribution in [2.24, 2.45) is 11.8 Å². The number of benzene rings is 1. The number of amides is 1. The van der Waals surface area contributed by atoms with Crippen molar-refractivity contribution in [1.29, 1.82) is 0 Å². The zero-order valence-electron chi connectivity index (χ0n) is 12.5. The number of nitrogens with one attached hydrogen (secondary N) is 1. The first-order valence-electron chi connectivity index (χ1n) is 7.72. The van der Waals surface area contributed by atoms with E-state index in [-0.39, 0.29) is 5.91 Å². The van der Waals surface area contributed by atoms with E-state index < -0.39 is 0 Å². The maximum absolute atomic E-state index is 12.7. The van der Waals surface area contributed by atoms with E-state index in [4.69, 9.17) is 0 Å². The van der Waals surface area contributed by atoms with E-state index in [1.807, 2.05) is 19.1 Å². The second-order valence-corrected chi connectivity index (χ2v) is 6.37. The molecule has 0 spiro atoms. The van der Waals surface area contributed by atoms with Gasteiger partial charge in [0.1, 0.15) is 0 Å². The summed E-state index contributed by atoms with van der Waals surface area (Å²) >= 11 is 0. The fraction of sp³-hybridized carbons (Fsp3) is 0.588. The van der Waals surface area contributed by atoms with E-state index in [1.54, 1.807) is 0 Å². The lowest BCUT2D eigenvalue weighted by molar-refractivity contribution is 0.0758. The van der Waals surface area contributed by atoms with Gasteiger partial charge in [0.2, 0.25) is 0 Å². The van der Waals surface area contributed by atoms with Gasteiger partial charge < -0.3 is 10.2 Å². The predicted molar refractivity (Wildman–Crippen MR) is 80.9 cm³/mol. The molecular weight excluding hydrogens is 248 g/mol. The van der Waals surface area contributed by atoms with Crippen molar-refractivity contribution in [2.45, 2.75) is 26.7 Å². The van der Waals surface area contributed by atoms with Crippen LogP contribution in [0.5, 0.6) is 0 Å². The molecule has 3 nitrogen and oxygen atoms in total. The van der Waals surface area contributed by atoms with E-state index in [0.29, 0.717) is 0 Å². The summed E-state index contributed by atoms with van der Waals surface area (Å²) in [5.41, 5.74) is 3.19. The first-order valence-corrected chi connectivity index (χ1v) is 7.72. The monoisotopic (exact) mass is 272 g/mol. The van der Waals surface area contributed by atoms with Gasteiger partial charge in [-0.2, -0.15) is 0 Å². The number of hydrogen-bond donors (Lipinski definition) is 1. The first kappa shape index (κ1) is 13.6. The lowest BCUT2D eigenvalue weighted by Crippen LogP contribution is -2.33. The Morgan fingerprint density at radius 2 is 1.80 bits per heavy atom. The Morgan fingerprint density at radius 1 is 1.15 bits per heavy atom. The SMILES string of the molecule is Cc1ccc(C(=O)N2CC[C@@H]3CNC[C@@H]3CC2)c(C)c1. The van der Waals surface area contributed by atoms with Crippen molar-refractivity contribution < 1.29 is 4.79 Å². The number of nitrogens with zero attached hydrogens (tertiary/aromatic N) is 1. The average molecular weight is 272 g/mol. The number of likely N-dealkylation sites (tertiary alicyclic amines) is 1. The summed E-state index contributed by atoms with van der Waals surface area (Å²) in [5, 5.41) is 3.48. The Balaban J connectivity index is 1.74. The first-order chi connectivity index (χ1) is 9.65. The van der Waals surface area contributed by atoms with Crippen LogP contribution in [0.15, 0.2) is 18.2 Å². The molecule has 2 atom stereocenters. The molecule has 0 aromatic heterocycles. The van der Waals surface area contributed by atoms with Crippen molar-refractivity contribution in [1.82, 2.24) is 10.2 Å². The van der Waals surface area contributed by atoms with Gasteiger partial charge in [0, 0.05) is 18.7 Å². The second kappa shape index (κ2) is 5.57. The Bertz CT molecular complexity index is 498. The minimum absolute atomic E-state index is 0.218. The van der Waals surface area contributed by atoms with E-state index >= 15 is 0 Å². The minimum Gasteiger partial charge on any atom is -0.339 e. The standard InChI is InChI=1S/C17H24N2O/c1-12-3-4-16(13(2)9-12)17(20)19-7-5-14-10-18-11-15(14)6-8-19/h3-4,9,14-15,18H,5-8,10-11H2,1-2H3/t14-,15+. The van der Waals surface area contributed by atoms with Crippen LogP contribution < -0.4 is 5.32 Å². The molecule has 20 heavy (non-hydrogen) atoms. The quantitative estimate of drug-likeness (QED) is 0.851. The number of carbonyl (C=O) groups excluding carboxylic acids is 1. The topological polar surface area (TPSA) is 32.3 Å². The minimum atomic E-state index is 0.218. The number of aryl methyl sites for hydroxylation is 2. The van der Waals surface area contributed by atoms with Crippen molar-refractivity contribution in [3.8, 4) is 0 Å². The van der Waals surface area contributed by atoms with Gasteiger partial charge in [-0.25, -0.2) is 0 Å². The van der Waals surface area contributed by atoms with Crippen LogP contribution in [0.3, 0.4) is 0 Å². The zero-order valence-corrected chi connectivity index (χ0v) is 12.5. The van der Waals surface area contributed by atoms with Crippen molar-refractivity contribution in [2.75, 3.05) is 26.2 Å². The Labute approximate surface area is 121 Å². The summed E-state index contributed by atoms with van der Waals surface area (Å²) in [4.78, 5) is 14.8. The summed E-state index contributed by atoms with van der Waals surface area (Å²) < 4.78 is 0.